The number of hydrogen-bond donors (Lipinski definition) is 2. The average molecular weight is 414 g/mol. The SMILES string of the molecule is O=C(Oc1ccc(C=Cc2[nH]c(=O)[nH]c(=O)c2[N+](=O)[O-])cc1)c1ccc(Cl)cc1. The first kappa shape index (κ1) is 19.8. The van der Waals surface area contributed by atoms with Gasteiger partial charge in [-0.25, -0.2) is 9.59 Å². The zero-order chi connectivity index (χ0) is 21.0. The Hall–Kier alpha value is -3.98. The molecular formula is C19H12ClN3O6. The number of nitro groups is 1. The lowest BCUT2D eigenvalue weighted by Gasteiger charge is -2.05. The summed E-state index contributed by atoms with van der Waals surface area (Å²) in [5, 5.41) is 11.5. The first-order valence-electron chi connectivity index (χ1n) is 8.10. The van der Waals surface area contributed by atoms with Crippen LogP contribution < -0.4 is 16.0 Å². The van der Waals surface area contributed by atoms with Crippen molar-refractivity contribution in [1.82, 2.24) is 9.97 Å². The number of carbonyl (C=O) groups is 1. The Kier molecular flexibility index (Phi) is 5.70. The molecule has 9 nitrogen and oxygen atoms in total. The second-order valence-corrected chi connectivity index (χ2v) is 6.16. The van der Waals surface area contributed by atoms with Crippen LogP contribution in [0, 0.1) is 10.1 Å². The van der Waals surface area contributed by atoms with Crippen molar-refractivity contribution in [3.63, 3.8) is 0 Å². The van der Waals surface area contributed by atoms with E-state index < -0.39 is 27.8 Å². The van der Waals surface area contributed by atoms with Crippen LogP contribution in [0.25, 0.3) is 12.2 Å². The molecule has 1 heterocycles. The van der Waals surface area contributed by atoms with Crippen LogP contribution in [0.1, 0.15) is 21.6 Å². The average Bonchev–Trinajstić information content (AvgIpc) is 2.67. The van der Waals surface area contributed by atoms with Crippen LogP contribution in [0.5, 0.6) is 5.75 Å². The Labute approximate surface area is 167 Å². The summed E-state index contributed by atoms with van der Waals surface area (Å²) in [5.41, 5.74) is -2.03. The minimum atomic E-state index is -1.09. The maximum Gasteiger partial charge on any atom is 0.357 e. The Balaban J connectivity index is 1.77. The van der Waals surface area contributed by atoms with E-state index in [4.69, 9.17) is 16.3 Å². The molecule has 0 atom stereocenters. The predicted molar refractivity (Wildman–Crippen MR) is 106 cm³/mol. The van der Waals surface area contributed by atoms with E-state index in [1.807, 2.05) is 0 Å². The highest BCUT2D eigenvalue weighted by atomic mass is 35.5. The molecule has 29 heavy (non-hydrogen) atoms. The monoisotopic (exact) mass is 413 g/mol. The Morgan fingerprint density at radius 2 is 1.66 bits per heavy atom. The lowest BCUT2D eigenvalue weighted by Crippen LogP contribution is -2.25. The van der Waals surface area contributed by atoms with Crippen molar-refractivity contribution in [3.05, 3.63) is 101 Å². The van der Waals surface area contributed by atoms with Crippen molar-refractivity contribution in [2.45, 2.75) is 0 Å². The lowest BCUT2D eigenvalue weighted by atomic mass is 10.2. The van der Waals surface area contributed by atoms with Gasteiger partial charge in [0, 0.05) is 5.02 Å². The van der Waals surface area contributed by atoms with Gasteiger partial charge in [-0.2, -0.15) is 0 Å². The van der Waals surface area contributed by atoms with Crippen molar-refractivity contribution >= 4 is 35.4 Å². The molecule has 0 saturated carbocycles. The molecule has 0 bridgehead atoms. The summed E-state index contributed by atoms with van der Waals surface area (Å²) < 4.78 is 5.25. The molecule has 3 aromatic rings. The number of nitrogens with one attached hydrogen (secondary N) is 2. The van der Waals surface area contributed by atoms with Gasteiger partial charge in [-0.3, -0.25) is 19.9 Å². The van der Waals surface area contributed by atoms with Crippen LogP contribution in [-0.2, 0) is 0 Å². The molecule has 10 heteroatoms. The molecule has 0 spiro atoms. The van der Waals surface area contributed by atoms with Crippen molar-refractivity contribution in [1.29, 1.82) is 0 Å². The summed E-state index contributed by atoms with van der Waals surface area (Å²) >= 11 is 5.78. The molecule has 2 aromatic carbocycles. The van der Waals surface area contributed by atoms with Gasteiger partial charge < -0.3 is 9.72 Å². The van der Waals surface area contributed by atoms with Gasteiger partial charge in [0.2, 0.25) is 0 Å². The number of halogens is 1. The predicted octanol–water partition coefficient (Wildman–Crippen LogP) is 3.01. The van der Waals surface area contributed by atoms with Crippen LogP contribution in [0.15, 0.2) is 58.1 Å². The number of carbonyl (C=O) groups excluding carboxylic acids is 1. The van der Waals surface area contributed by atoms with E-state index in [0.29, 0.717) is 16.1 Å². The Bertz CT molecular complexity index is 1210. The fourth-order valence-electron chi connectivity index (χ4n) is 2.38. The molecule has 3 rings (SSSR count). The number of hydrogen-bond acceptors (Lipinski definition) is 6. The summed E-state index contributed by atoms with van der Waals surface area (Å²) in [6, 6.07) is 12.5. The molecule has 0 radical (unpaired) electrons. The highest BCUT2D eigenvalue weighted by molar-refractivity contribution is 6.30. The van der Waals surface area contributed by atoms with E-state index in [9.17, 15) is 24.5 Å². The number of nitrogens with zero attached hydrogens (tertiary/aromatic N) is 1. The number of esters is 1. The fourth-order valence-corrected chi connectivity index (χ4v) is 2.50. The van der Waals surface area contributed by atoms with Gasteiger partial charge in [0.05, 0.1) is 10.5 Å². The van der Waals surface area contributed by atoms with E-state index in [0.717, 1.165) is 0 Å². The zero-order valence-corrected chi connectivity index (χ0v) is 15.3. The van der Waals surface area contributed by atoms with E-state index >= 15 is 0 Å². The standard InChI is InChI=1S/C19H12ClN3O6/c20-13-6-4-12(5-7-13)18(25)29-14-8-1-11(2-9-14)3-10-15-16(23(27)28)17(24)22-19(26)21-15/h1-10H,(H2,21,22,24,26). The summed E-state index contributed by atoms with van der Waals surface area (Å²) in [4.78, 5) is 49.2. The van der Waals surface area contributed by atoms with Crippen LogP contribution in [0.3, 0.4) is 0 Å². The van der Waals surface area contributed by atoms with Crippen molar-refractivity contribution in [2.24, 2.45) is 0 Å². The van der Waals surface area contributed by atoms with E-state index in [1.165, 1.54) is 36.4 Å². The van der Waals surface area contributed by atoms with Crippen molar-refractivity contribution in [3.8, 4) is 5.75 Å². The van der Waals surface area contributed by atoms with Gasteiger partial charge >= 0.3 is 22.9 Å². The molecule has 1 aromatic heterocycles. The lowest BCUT2D eigenvalue weighted by molar-refractivity contribution is -0.386. The third kappa shape index (κ3) is 4.85. The maximum absolute atomic E-state index is 12.1. The van der Waals surface area contributed by atoms with E-state index in [-0.39, 0.29) is 11.4 Å². The van der Waals surface area contributed by atoms with E-state index in [2.05, 4.69) is 4.98 Å². The Morgan fingerprint density at radius 3 is 2.28 bits per heavy atom. The van der Waals surface area contributed by atoms with Gasteiger partial charge in [0.1, 0.15) is 11.4 Å². The van der Waals surface area contributed by atoms with Gasteiger partial charge in [-0.05, 0) is 48.0 Å². The topological polar surface area (TPSA) is 135 Å². The summed E-state index contributed by atoms with van der Waals surface area (Å²) in [7, 11) is 0. The third-order valence-corrected chi connectivity index (χ3v) is 3.99. The third-order valence-electron chi connectivity index (χ3n) is 3.74. The molecule has 0 amide bonds. The Morgan fingerprint density at radius 1 is 1.00 bits per heavy atom. The number of rotatable bonds is 5. The highest BCUT2D eigenvalue weighted by Crippen LogP contribution is 2.18. The van der Waals surface area contributed by atoms with Crippen molar-refractivity contribution < 1.29 is 14.5 Å². The molecular weight excluding hydrogens is 402 g/mol. The molecule has 146 valence electrons. The number of H-pyrrole nitrogens is 2. The molecule has 0 fully saturated rings. The van der Waals surface area contributed by atoms with Gasteiger partial charge in [0.25, 0.3) is 0 Å². The van der Waals surface area contributed by atoms with Crippen LogP contribution in [0.4, 0.5) is 5.69 Å². The quantitative estimate of drug-likeness (QED) is 0.285. The number of aromatic amines is 2. The number of ether oxygens (including phenoxy) is 1. The minimum absolute atomic E-state index is 0.234. The molecule has 0 aliphatic carbocycles. The zero-order valence-electron chi connectivity index (χ0n) is 14.5. The largest absolute Gasteiger partial charge is 0.423 e. The van der Waals surface area contributed by atoms with Crippen LogP contribution in [-0.4, -0.2) is 20.9 Å². The van der Waals surface area contributed by atoms with Gasteiger partial charge in [0.15, 0.2) is 0 Å². The van der Waals surface area contributed by atoms with E-state index in [1.54, 1.807) is 29.2 Å². The highest BCUT2D eigenvalue weighted by Gasteiger charge is 2.18. The van der Waals surface area contributed by atoms with Gasteiger partial charge in [-0.1, -0.05) is 29.8 Å². The fraction of sp³-hybridized carbons (Fsp3) is 0. The van der Waals surface area contributed by atoms with Crippen molar-refractivity contribution in [2.75, 3.05) is 0 Å². The number of benzene rings is 2. The van der Waals surface area contributed by atoms with Gasteiger partial charge in [-0.15, -0.1) is 0 Å². The first-order valence-corrected chi connectivity index (χ1v) is 8.48. The smallest absolute Gasteiger partial charge is 0.357 e. The second-order valence-electron chi connectivity index (χ2n) is 5.73. The second kappa shape index (κ2) is 8.36. The van der Waals surface area contributed by atoms with Crippen LogP contribution >= 0.6 is 11.6 Å². The normalized spacial score (nSPS) is 10.8. The number of aromatic nitrogens is 2. The minimum Gasteiger partial charge on any atom is -0.423 e. The molecule has 0 aliphatic rings. The molecule has 0 aliphatic heterocycles. The summed E-state index contributed by atoms with van der Waals surface area (Å²) in [6.45, 7) is 0. The van der Waals surface area contributed by atoms with Crippen LogP contribution in [0.2, 0.25) is 5.02 Å². The first-order chi connectivity index (χ1) is 13.8. The molecule has 0 unspecified atom stereocenters. The maximum atomic E-state index is 12.1. The molecule has 2 N–H and O–H groups in total. The summed E-state index contributed by atoms with van der Waals surface area (Å²) in [6.07, 6.45) is 2.70. The summed E-state index contributed by atoms with van der Waals surface area (Å²) in [5.74, 6) is -0.265. The molecule has 0 saturated heterocycles.